The topological polar surface area (TPSA) is 24.5 Å². The Labute approximate surface area is 111 Å². The molecule has 1 aliphatic heterocycles. The van der Waals surface area contributed by atoms with E-state index >= 15 is 0 Å². The molecule has 1 saturated heterocycles. The van der Waals surface area contributed by atoms with E-state index in [9.17, 15) is 0 Å². The van der Waals surface area contributed by atoms with E-state index in [4.69, 9.17) is 4.74 Å². The molecule has 18 heavy (non-hydrogen) atoms. The van der Waals surface area contributed by atoms with Gasteiger partial charge < -0.3 is 10.1 Å². The van der Waals surface area contributed by atoms with Crippen LogP contribution in [-0.4, -0.2) is 49.3 Å². The highest BCUT2D eigenvalue weighted by atomic mass is 16.5. The molecule has 3 aliphatic rings. The third-order valence-corrected chi connectivity index (χ3v) is 5.36. The molecular weight excluding hydrogens is 224 g/mol. The van der Waals surface area contributed by atoms with Crippen molar-refractivity contribution < 1.29 is 4.74 Å². The summed E-state index contributed by atoms with van der Waals surface area (Å²) in [5.74, 6) is 1.86. The lowest BCUT2D eigenvalue weighted by atomic mass is 9.87. The molecule has 0 spiro atoms. The number of ether oxygens (including phenoxy) is 1. The molecule has 104 valence electrons. The van der Waals surface area contributed by atoms with Crippen LogP contribution < -0.4 is 5.32 Å². The smallest absolute Gasteiger partial charge is 0.0615 e. The summed E-state index contributed by atoms with van der Waals surface area (Å²) in [6, 6.07) is 1.28. The quantitative estimate of drug-likeness (QED) is 0.808. The Hall–Kier alpha value is -0.120. The molecule has 3 atom stereocenters. The van der Waals surface area contributed by atoms with E-state index in [-0.39, 0.29) is 0 Å². The van der Waals surface area contributed by atoms with E-state index < -0.39 is 0 Å². The summed E-state index contributed by atoms with van der Waals surface area (Å²) in [6.07, 6.45) is 5.71. The van der Waals surface area contributed by atoms with Crippen molar-refractivity contribution in [3.63, 3.8) is 0 Å². The van der Waals surface area contributed by atoms with Crippen molar-refractivity contribution in [3.05, 3.63) is 0 Å². The Kier molecular flexibility index (Phi) is 3.41. The zero-order valence-electron chi connectivity index (χ0n) is 12.1. The van der Waals surface area contributed by atoms with Crippen LogP contribution in [-0.2, 0) is 4.74 Å². The van der Waals surface area contributed by atoms with Crippen molar-refractivity contribution in [3.8, 4) is 0 Å². The fourth-order valence-corrected chi connectivity index (χ4v) is 3.84. The summed E-state index contributed by atoms with van der Waals surface area (Å²) in [6.45, 7) is 8.06. The van der Waals surface area contributed by atoms with Crippen LogP contribution in [0, 0.1) is 11.8 Å². The van der Waals surface area contributed by atoms with Gasteiger partial charge in [0.15, 0.2) is 0 Å². The van der Waals surface area contributed by atoms with Crippen LogP contribution in [0.3, 0.4) is 0 Å². The van der Waals surface area contributed by atoms with Crippen molar-refractivity contribution in [2.75, 3.05) is 26.8 Å². The van der Waals surface area contributed by atoms with Crippen LogP contribution in [0.2, 0.25) is 0 Å². The highest BCUT2D eigenvalue weighted by Crippen LogP contribution is 2.46. The van der Waals surface area contributed by atoms with Gasteiger partial charge in [-0.2, -0.15) is 0 Å². The van der Waals surface area contributed by atoms with E-state index in [1.54, 1.807) is 0 Å². The van der Waals surface area contributed by atoms with E-state index in [1.807, 2.05) is 7.11 Å². The molecule has 3 rings (SSSR count). The van der Waals surface area contributed by atoms with E-state index in [0.29, 0.717) is 11.6 Å². The van der Waals surface area contributed by atoms with Gasteiger partial charge in [0.1, 0.15) is 0 Å². The zero-order valence-corrected chi connectivity index (χ0v) is 12.1. The summed E-state index contributed by atoms with van der Waals surface area (Å²) >= 11 is 0. The number of methoxy groups -OCH3 is 1. The van der Waals surface area contributed by atoms with Crippen LogP contribution in [0.25, 0.3) is 0 Å². The van der Waals surface area contributed by atoms with Gasteiger partial charge >= 0.3 is 0 Å². The van der Waals surface area contributed by atoms with Gasteiger partial charge in [0, 0.05) is 37.8 Å². The molecule has 1 heterocycles. The van der Waals surface area contributed by atoms with Crippen LogP contribution >= 0.6 is 0 Å². The van der Waals surface area contributed by atoms with Crippen molar-refractivity contribution in [2.24, 2.45) is 11.8 Å². The lowest BCUT2D eigenvalue weighted by Gasteiger charge is -2.51. The number of piperazine rings is 1. The van der Waals surface area contributed by atoms with Gasteiger partial charge in [-0.25, -0.2) is 0 Å². The van der Waals surface area contributed by atoms with Gasteiger partial charge in [0.2, 0.25) is 0 Å². The van der Waals surface area contributed by atoms with Crippen LogP contribution in [0.1, 0.15) is 39.5 Å². The van der Waals surface area contributed by atoms with Crippen molar-refractivity contribution in [1.82, 2.24) is 10.2 Å². The van der Waals surface area contributed by atoms with Gasteiger partial charge in [0.05, 0.1) is 6.61 Å². The Morgan fingerprint density at radius 1 is 1.33 bits per heavy atom. The molecule has 0 radical (unpaired) electrons. The molecule has 0 aromatic carbocycles. The lowest BCUT2D eigenvalue weighted by molar-refractivity contribution is -0.0242. The van der Waals surface area contributed by atoms with Crippen LogP contribution in [0.4, 0.5) is 0 Å². The standard InChI is InChI=1S/C15H28N2O/c1-11(9-18-3)17-8-14(12-4-5-12)16-10-15(17,2)13-6-7-13/h11-14,16H,4-10H2,1-3H3. The second kappa shape index (κ2) is 4.77. The second-order valence-corrected chi connectivity index (χ2v) is 6.91. The predicted octanol–water partition coefficient (Wildman–Crippen LogP) is 1.87. The molecule has 3 unspecified atom stereocenters. The first kappa shape index (κ1) is 12.9. The van der Waals surface area contributed by atoms with Crippen molar-refractivity contribution >= 4 is 0 Å². The Bertz CT molecular complexity index is 301. The van der Waals surface area contributed by atoms with Gasteiger partial charge in [-0.1, -0.05) is 0 Å². The number of hydrogen-bond acceptors (Lipinski definition) is 3. The SMILES string of the molecule is COCC(C)N1CC(C2CC2)NCC1(C)C1CC1. The van der Waals surface area contributed by atoms with Crippen molar-refractivity contribution in [1.29, 1.82) is 0 Å². The molecule has 1 N–H and O–H groups in total. The summed E-state index contributed by atoms with van der Waals surface area (Å²) in [5, 5.41) is 3.84. The Morgan fingerprint density at radius 3 is 2.61 bits per heavy atom. The molecule has 0 amide bonds. The zero-order chi connectivity index (χ0) is 12.8. The molecule has 2 saturated carbocycles. The average molecular weight is 252 g/mol. The van der Waals surface area contributed by atoms with Gasteiger partial charge in [-0.05, 0) is 51.4 Å². The predicted molar refractivity (Wildman–Crippen MR) is 73.7 cm³/mol. The molecular formula is C15H28N2O. The van der Waals surface area contributed by atoms with Gasteiger partial charge in [-0.15, -0.1) is 0 Å². The molecule has 3 nitrogen and oxygen atoms in total. The first-order valence-electron chi connectivity index (χ1n) is 7.64. The molecule has 3 heteroatoms. The second-order valence-electron chi connectivity index (χ2n) is 6.91. The maximum Gasteiger partial charge on any atom is 0.0615 e. The fraction of sp³-hybridized carbons (Fsp3) is 1.00. The summed E-state index contributed by atoms with van der Waals surface area (Å²) in [7, 11) is 1.82. The molecule has 0 aromatic rings. The lowest BCUT2D eigenvalue weighted by Crippen LogP contribution is -2.67. The Morgan fingerprint density at radius 2 is 2.06 bits per heavy atom. The number of nitrogens with zero attached hydrogens (tertiary/aromatic N) is 1. The first-order valence-corrected chi connectivity index (χ1v) is 7.64. The van der Waals surface area contributed by atoms with Crippen molar-refractivity contribution in [2.45, 2.75) is 57.2 Å². The van der Waals surface area contributed by atoms with E-state index in [1.165, 1.54) is 38.8 Å². The number of nitrogens with one attached hydrogen (secondary N) is 1. The third-order valence-electron chi connectivity index (χ3n) is 5.36. The third kappa shape index (κ3) is 2.33. The highest BCUT2D eigenvalue weighted by Gasteiger charge is 2.51. The fourth-order valence-electron chi connectivity index (χ4n) is 3.84. The highest BCUT2D eigenvalue weighted by molar-refractivity contribution is 5.07. The number of hydrogen-bond donors (Lipinski definition) is 1. The summed E-state index contributed by atoms with van der Waals surface area (Å²) in [5.41, 5.74) is 0.364. The van der Waals surface area contributed by atoms with Crippen LogP contribution in [0.5, 0.6) is 0 Å². The summed E-state index contributed by atoms with van der Waals surface area (Å²) < 4.78 is 5.40. The first-order chi connectivity index (χ1) is 8.65. The monoisotopic (exact) mass is 252 g/mol. The minimum atomic E-state index is 0.364. The largest absolute Gasteiger partial charge is 0.383 e. The van der Waals surface area contributed by atoms with E-state index in [0.717, 1.165) is 24.5 Å². The van der Waals surface area contributed by atoms with Crippen LogP contribution in [0.15, 0.2) is 0 Å². The minimum Gasteiger partial charge on any atom is -0.383 e. The molecule has 0 bridgehead atoms. The molecule has 3 fully saturated rings. The number of rotatable bonds is 5. The Balaban J connectivity index is 1.72. The molecule has 0 aromatic heterocycles. The minimum absolute atomic E-state index is 0.364. The maximum absolute atomic E-state index is 5.40. The van der Waals surface area contributed by atoms with Gasteiger partial charge in [0.25, 0.3) is 0 Å². The van der Waals surface area contributed by atoms with Gasteiger partial charge in [-0.3, -0.25) is 4.90 Å². The maximum atomic E-state index is 5.40. The average Bonchev–Trinajstić information content (AvgIpc) is 3.18. The normalized spacial score (nSPS) is 39.8. The summed E-state index contributed by atoms with van der Waals surface area (Å²) in [4.78, 5) is 2.76. The molecule has 2 aliphatic carbocycles. The van der Waals surface area contributed by atoms with E-state index in [2.05, 4.69) is 24.1 Å².